The highest BCUT2D eigenvalue weighted by molar-refractivity contribution is 6.32. The summed E-state index contributed by atoms with van der Waals surface area (Å²) in [7, 11) is 0. The Morgan fingerprint density at radius 1 is 0.720 bits per heavy atom. The molecule has 0 amide bonds. The summed E-state index contributed by atoms with van der Waals surface area (Å²) in [5.74, 6) is 0. The van der Waals surface area contributed by atoms with E-state index in [1.165, 1.54) is 63.9 Å². The molecule has 5 rings (SSSR count). The molecule has 0 bridgehead atoms. The van der Waals surface area contributed by atoms with Crippen LogP contribution in [0.5, 0.6) is 0 Å². The highest BCUT2D eigenvalue weighted by Gasteiger charge is 2.15. The summed E-state index contributed by atoms with van der Waals surface area (Å²) in [4.78, 5) is 0. The maximum absolute atomic E-state index is 6.44. The Morgan fingerprint density at radius 2 is 1.52 bits per heavy atom. The summed E-state index contributed by atoms with van der Waals surface area (Å²) in [5.41, 5.74) is 5.54. The van der Waals surface area contributed by atoms with E-state index in [-0.39, 0.29) is 0 Å². The summed E-state index contributed by atoms with van der Waals surface area (Å²) in [6.07, 6.45) is 5.04. The number of benzene rings is 4. The predicted octanol–water partition coefficient (Wildman–Crippen LogP) is 7.19. The van der Waals surface area contributed by atoms with Gasteiger partial charge in [-0.2, -0.15) is 0 Å². The molecule has 4 aromatic rings. The molecule has 1 aliphatic rings. The van der Waals surface area contributed by atoms with Crippen LogP contribution in [0, 0.1) is 0 Å². The van der Waals surface area contributed by atoms with Crippen molar-refractivity contribution in [1.82, 2.24) is 0 Å². The van der Waals surface area contributed by atoms with E-state index in [1.54, 1.807) is 5.56 Å². The molecule has 0 fully saturated rings. The molecule has 0 atom stereocenters. The molecule has 0 saturated carbocycles. The Labute approximate surface area is 153 Å². The van der Waals surface area contributed by atoms with E-state index in [0.717, 1.165) is 5.02 Å². The lowest BCUT2D eigenvalue weighted by molar-refractivity contribution is 0.690. The van der Waals surface area contributed by atoms with Crippen LogP contribution in [-0.2, 0) is 12.8 Å². The minimum absolute atomic E-state index is 0.795. The first kappa shape index (κ1) is 15.0. The number of hydrogen-bond acceptors (Lipinski definition) is 0. The Bertz CT molecular complexity index is 1090. The van der Waals surface area contributed by atoms with Crippen molar-refractivity contribution in [1.29, 1.82) is 0 Å². The van der Waals surface area contributed by atoms with E-state index in [9.17, 15) is 0 Å². The second-order valence-corrected chi connectivity index (χ2v) is 7.42. The second-order valence-electron chi connectivity index (χ2n) is 6.99. The maximum Gasteiger partial charge on any atom is 0.0418 e. The Balaban J connectivity index is 1.92. The zero-order valence-electron chi connectivity index (χ0n) is 14.1. The molecule has 0 spiro atoms. The second kappa shape index (κ2) is 5.89. The van der Waals surface area contributed by atoms with Crippen molar-refractivity contribution in [2.75, 3.05) is 0 Å². The number of hydrogen-bond donors (Lipinski definition) is 0. The number of fused-ring (bicyclic) bond motifs is 5. The average molecular weight is 343 g/mol. The van der Waals surface area contributed by atoms with Gasteiger partial charge in [-0.3, -0.25) is 0 Å². The van der Waals surface area contributed by atoms with Crippen LogP contribution < -0.4 is 0 Å². The molecular formula is C24H19Cl. The summed E-state index contributed by atoms with van der Waals surface area (Å²) in [6, 6.07) is 24.0. The fourth-order valence-corrected chi connectivity index (χ4v) is 4.57. The van der Waals surface area contributed by atoms with Gasteiger partial charge in [0.1, 0.15) is 0 Å². The summed E-state index contributed by atoms with van der Waals surface area (Å²) in [5, 5.41) is 6.11. The van der Waals surface area contributed by atoms with Crippen molar-refractivity contribution in [3.05, 3.63) is 82.9 Å². The molecule has 0 N–H and O–H groups in total. The van der Waals surface area contributed by atoms with Crippen molar-refractivity contribution in [3.63, 3.8) is 0 Å². The average Bonchev–Trinajstić information content (AvgIpc) is 2.67. The van der Waals surface area contributed by atoms with Crippen LogP contribution in [-0.4, -0.2) is 0 Å². The standard InChI is InChI=1S/C24H19Cl/c25-19-14-18-11-12-21-20-9-5-4-8-17(20)10-13-22(21)24(18)23(15-19)16-6-2-1-3-7-16/h1-3,6-7,10-15H,4-5,8-9H2. The van der Waals surface area contributed by atoms with E-state index in [2.05, 4.69) is 66.7 Å². The first-order valence-corrected chi connectivity index (χ1v) is 9.41. The van der Waals surface area contributed by atoms with Crippen LogP contribution in [0.25, 0.3) is 32.7 Å². The molecule has 0 saturated heterocycles. The van der Waals surface area contributed by atoms with E-state index >= 15 is 0 Å². The third-order valence-corrected chi connectivity index (χ3v) is 5.71. The Morgan fingerprint density at radius 3 is 2.40 bits per heavy atom. The highest BCUT2D eigenvalue weighted by Crippen LogP contribution is 2.39. The van der Waals surface area contributed by atoms with Crippen molar-refractivity contribution >= 4 is 33.1 Å². The van der Waals surface area contributed by atoms with Crippen molar-refractivity contribution in [3.8, 4) is 11.1 Å². The zero-order chi connectivity index (χ0) is 16.8. The lowest BCUT2D eigenvalue weighted by atomic mass is 9.85. The quantitative estimate of drug-likeness (QED) is 0.321. The smallest absolute Gasteiger partial charge is 0.0418 e. The fourth-order valence-electron chi connectivity index (χ4n) is 4.34. The minimum atomic E-state index is 0.795. The molecular weight excluding hydrogens is 324 g/mol. The molecule has 1 heteroatoms. The monoisotopic (exact) mass is 342 g/mol. The van der Waals surface area contributed by atoms with Gasteiger partial charge in [0.15, 0.2) is 0 Å². The lowest BCUT2D eigenvalue weighted by Gasteiger charge is -2.20. The minimum Gasteiger partial charge on any atom is -0.0843 e. The summed E-state index contributed by atoms with van der Waals surface area (Å²) < 4.78 is 0. The van der Waals surface area contributed by atoms with E-state index in [0.29, 0.717) is 0 Å². The van der Waals surface area contributed by atoms with Gasteiger partial charge < -0.3 is 0 Å². The largest absolute Gasteiger partial charge is 0.0843 e. The molecule has 0 aromatic heterocycles. The Kier molecular flexibility index (Phi) is 3.53. The van der Waals surface area contributed by atoms with Crippen LogP contribution >= 0.6 is 11.6 Å². The van der Waals surface area contributed by atoms with Crippen molar-refractivity contribution in [2.24, 2.45) is 0 Å². The third kappa shape index (κ3) is 2.44. The molecule has 4 aromatic carbocycles. The third-order valence-electron chi connectivity index (χ3n) is 5.49. The molecule has 0 radical (unpaired) electrons. The molecule has 0 heterocycles. The number of rotatable bonds is 1. The summed E-state index contributed by atoms with van der Waals surface area (Å²) >= 11 is 6.44. The van der Waals surface area contributed by atoms with Crippen LogP contribution in [0.15, 0.2) is 66.7 Å². The topological polar surface area (TPSA) is 0 Å². The predicted molar refractivity (Wildman–Crippen MR) is 109 cm³/mol. The van der Waals surface area contributed by atoms with Crippen LogP contribution in [0.2, 0.25) is 5.02 Å². The number of halogens is 1. The van der Waals surface area contributed by atoms with Crippen LogP contribution in [0.4, 0.5) is 0 Å². The SMILES string of the molecule is Clc1cc(-c2ccccc2)c2c(ccc3c4c(ccc32)CCCC4)c1. The normalized spacial score (nSPS) is 14.0. The van der Waals surface area contributed by atoms with E-state index in [4.69, 9.17) is 11.6 Å². The molecule has 0 nitrogen and oxygen atoms in total. The highest BCUT2D eigenvalue weighted by atomic mass is 35.5. The van der Waals surface area contributed by atoms with Gasteiger partial charge in [-0.15, -0.1) is 0 Å². The van der Waals surface area contributed by atoms with Gasteiger partial charge in [-0.25, -0.2) is 0 Å². The van der Waals surface area contributed by atoms with E-state index in [1.807, 2.05) is 0 Å². The van der Waals surface area contributed by atoms with Crippen molar-refractivity contribution in [2.45, 2.75) is 25.7 Å². The zero-order valence-corrected chi connectivity index (χ0v) is 14.8. The first-order chi connectivity index (χ1) is 12.3. The van der Waals surface area contributed by atoms with Gasteiger partial charge in [-0.1, -0.05) is 66.2 Å². The molecule has 122 valence electrons. The maximum atomic E-state index is 6.44. The van der Waals surface area contributed by atoms with E-state index < -0.39 is 0 Å². The Hall–Kier alpha value is -2.31. The molecule has 25 heavy (non-hydrogen) atoms. The van der Waals surface area contributed by atoms with Gasteiger partial charge in [0.2, 0.25) is 0 Å². The molecule has 1 aliphatic carbocycles. The van der Waals surface area contributed by atoms with Gasteiger partial charge in [0.05, 0.1) is 0 Å². The molecule has 0 unspecified atom stereocenters. The van der Waals surface area contributed by atoms with Gasteiger partial charge in [0.25, 0.3) is 0 Å². The van der Waals surface area contributed by atoms with Gasteiger partial charge in [-0.05, 0) is 81.6 Å². The van der Waals surface area contributed by atoms with Crippen LogP contribution in [0.3, 0.4) is 0 Å². The first-order valence-electron chi connectivity index (χ1n) is 9.03. The summed E-state index contributed by atoms with van der Waals surface area (Å²) in [6.45, 7) is 0. The van der Waals surface area contributed by atoms with Crippen LogP contribution in [0.1, 0.15) is 24.0 Å². The van der Waals surface area contributed by atoms with Crippen molar-refractivity contribution < 1.29 is 0 Å². The lowest BCUT2D eigenvalue weighted by Crippen LogP contribution is -2.03. The molecule has 0 aliphatic heterocycles. The fraction of sp³-hybridized carbons (Fsp3) is 0.167. The van der Waals surface area contributed by atoms with Gasteiger partial charge in [0, 0.05) is 5.02 Å². The number of aryl methyl sites for hydroxylation is 2. The van der Waals surface area contributed by atoms with Gasteiger partial charge >= 0.3 is 0 Å².